The molecule has 0 amide bonds. The van der Waals surface area contributed by atoms with E-state index in [1.165, 1.54) is 8.66 Å². The Balaban J connectivity index is 2.33. The van der Waals surface area contributed by atoms with Gasteiger partial charge in [0.15, 0.2) is 0 Å². The number of hydrogen-bond acceptors (Lipinski definition) is 2. The van der Waals surface area contributed by atoms with Crippen molar-refractivity contribution in [2.45, 2.75) is 6.42 Å². The van der Waals surface area contributed by atoms with Crippen molar-refractivity contribution >= 4 is 38.9 Å². The lowest BCUT2D eigenvalue weighted by Crippen LogP contribution is -2.18. The highest BCUT2D eigenvalue weighted by molar-refractivity contribution is 9.11. The zero-order valence-corrected chi connectivity index (χ0v) is 10.0. The summed E-state index contributed by atoms with van der Waals surface area (Å²) in [5.41, 5.74) is 0. The molecule has 0 aromatic carbocycles. The summed E-state index contributed by atoms with van der Waals surface area (Å²) in [4.78, 5) is 3.49. The summed E-state index contributed by atoms with van der Waals surface area (Å²) in [6.45, 7) is 1.02. The topological polar surface area (TPSA) is 3.24 Å². The maximum absolute atomic E-state index is 5.64. The molecule has 1 heterocycles. The molecule has 1 aromatic heterocycles. The first-order chi connectivity index (χ1) is 5.72. The van der Waals surface area contributed by atoms with E-state index < -0.39 is 0 Å². The van der Waals surface area contributed by atoms with Crippen LogP contribution in [0, 0.1) is 0 Å². The van der Waals surface area contributed by atoms with Crippen molar-refractivity contribution in [1.82, 2.24) is 4.90 Å². The molecule has 0 saturated carbocycles. The summed E-state index contributed by atoms with van der Waals surface area (Å²) >= 11 is 10.9. The van der Waals surface area contributed by atoms with Crippen LogP contribution in [0.15, 0.2) is 15.9 Å². The second-order valence-electron chi connectivity index (χ2n) is 2.66. The van der Waals surface area contributed by atoms with E-state index in [9.17, 15) is 0 Å². The minimum absolute atomic E-state index is 0.604. The van der Waals surface area contributed by atoms with Gasteiger partial charge >= 0.3 is 0 Å². The normalized spacial score (nSPS) is 11.0. The quantitative estimate of drug-likeness (QED) is 0.599. The van der Waals surface area contributed by atoms with E-state index in [0.717, 1.165) is 13.0 Å². The lowest BCUT2D eigenvalue weighted by molar-refractivity contribution is 0.395. The highest BCUT2D eigenvalue weighted by atomic mass is 79.9. The number of nitrogens with zero attached hydrogens (tertiary/aromatic N) is 1. The highest BCUT2D eigenvalue weighted by Crippen LogP contribution is 2.22. The lowest BCUT2D eigenvalue weighted by atomic mass is 10.3. The molecular formula is C8H11BrClNS. The molecule has 0 N–H and O–H groups in total. The summed E-state index contributed by atoms with van der Waals surface area (Å²) < 4.78 is 1.20. The van der Waals surface area contributed by atoms with Crippen LogP contribution in [0.1, 0.15) is 4.88 Å². The monoisotopic (exact) mass is 267 g/mol. The summed E-state index contributed by atoms with van der Waals surface area (Å²) in [6.07, 6.45) is 1.08. The molecule has 0 saturated heterocycles. The van der Waals surface area contributed by atoms with E-state index in [1.807, 2.05) is 7.05 Å². The number of likely N-dealkylation sites (N-methyl/N-ethyl adjacent to an activating group) is 1. The Hall–Kier alpha value is 0.430. The fourth-order valence-corrected chi connectivity index (χ4v) is 2.44. The second-order valence-corrected chi connectivity index (χ2v) is 5.44. The lowest BCUT2D eigenvalue weighted by Gasteiger charge is -2.10. The van der Waals surface area contributed by atoms with Gasteiger partial charge in [0, 0.05) is 11.4 Å². The Bertz CT molecular complexity index is 239. The smallest absolute Gasteiger partial charge is 0.0736 e. The van der Waals surface area contributed by atoms with Gasteiger partial charge in [-0.2, -0.15) is 0 Å². The number of alkyl halides is 1. The van der Waals surface area contributed by atoms with Crippen molar-refractivity contribution in [3.05, 3.63) is 20.8 Å². The van der Waals surface area contributed by atoms with Crippen LogP contribution >= 0.6 is 38.9 Å². The van der Waals surface area contributed by atoms with Crippen molar-refractivity contribution in [2.75, 3.05) is 19.6 Å². The van der Waals surface area contributed by atoms with Gasteiger partial charge in [-0.05, 0) is 41.5 Å². The van der Waals surface area contributed by atoms with Crippen molar-refractivity contribution < 1.29 is 0 Å². The van der Waals surface area contributed by atoms with Gasteiger partial charge in [0.1, 0.15) is 0 Å². The van der Waals surface area contributed by atoms with Gasteiger partial charge in [0.2, 0.25) is 0 Å². The number of hydrogen-bond donors (Lipinski definition) is 0. The molecule has 0 aliphatic carbocycles. The Morgan fingerprint density at radius 3 is 2.83 bits per heavy atom. The molecule has 4 heteroatoms. The zero-order chi connectivity index (χ0) is 8.97. The average Bonchev–Trinajstić information content (AvgIpc) is 2.47. The molecular weight excluding hydrogens is 258 g/mol. The maximum Gasteiger partial charge on any atom is 0.0736 e. The first kappa shape index (κ1) is 10.5. The number of rotatable bonds is 4. The van der Waals surface area contributed by atoms with Gasteiger partial charge in [0.05, 0.1) is 9.79 Å². The van der Waals surface area contributed by atoms with Crippen LogP contribution in [0.25, 0.3) is 0 Å². The van der Waals surface area contributed by atoms with Crippen LogP contribution < -0.4 is 0 Å². The third-order valence-corrected chi connectivity index (χ3v) is 3.66. The van der Waals surface area contributed by atoms with Crippen molar-refractivity contribution in [1.29, 1.82) is 0 Å². The van der Waals surface area contributed by atoms with E-state index in [1.54, 1.807) is 11.3 Å². The molecule has 1 rings (SSSR count). The molecule has 1 nitrogen and oxygen atoms in total. The summed E-state index contributed by atoms with van der Waals surface area (Å²) in [6, 6.07) is 4.84. The Labute approximate surface area is 90.5 Å². The van der Waals surface area contributed by atoms with Gasteiger partial charge < -0.3 is 0 Å². The average molecular weight is 269 g/mol. The first-order valence-electron chi connectivity index (χ1n) is 3.71. The predicted molar refractivity (Wildman–Crippen MR) is 59.1 cm³/mol. The maximum atomic E-state index is 5.64. The van der Waals surface area contributed by atoms with Crippen LogP contribution in [0.5, 0.6) is 0 Å². The minimum Gasteiger partial charge on any atom is -0.293 e. The standard InChI is InChI=1S/C8H11BrClNS/c1-11(6-10)5-4-7-2-3-8(9)12-7/h2-3H,4-6H2,1H3. The van der Waals surface area contributed by atoms with Crippen LogP contribution in [0.4, 0.5) is 0 Å². The Morgan fingerprint density at radius 1 is 1.58 bits per heavy atom. The molecule has 0 aliphatic rings. The van der Waals surface area contributed by atoms with Gasteiger partial charge in [0.25, 0.3) is 0 Å². The first-order valence-corrected chi connectivity index (χ1v) is 5.85. The number of thiophene rings is 1. The molecule has 1 aromatic rings. The third-order valence-electron chi connectivity index (χ3n) is 1.57. The third kappa shape index (κ3) is 3.44. The summed E-state index contributed by atoms with van der Waals surface area (Å²) in [5, 5.41) is 0. The molecule has 0 radical (unpaired) electrons. The minimum atomic E-state index is 0.604. The molecule has 0 unspecified atom stereocenters. The molecule has 0 fully saturated rings. The number of halogens is 2. The van der Waals surface area contributed by atoms with E-state index in [-0.39, 0.29) is 0 Å². The fourth-order valence-electron chi connectivity index (χ4n) is 0.847. The van der Waals surface area contributed by atoms with Crippen LogP contribution in [-0.2, 0) is 6.42 Å². The van der Waals surface area contributed by atoms with E-state index in [0.29, 0.717) is 6.00 Å². The van der Waals surface area contributed by atoms with Gasteiger partial charge in [-0.1, -0.05) is 0 Å². The fraction of sp³-hybridized carbons (Fsp3) is 0.500. The van der Waals surface area contributed by atoms with Gasteiger partial charge in [-0.3, -0.25) is 4.90 Å². The largest absolute Gasteiger partial charge is 0.293 e. The van der Waals surface area contributed by atoms with E-state index in [2.05, 4.69) is 33.0 Å². The van der Waals surface area contributed by atoms with Crippen LogP contribution in [0.3, 0.4) is 0 Å². The van der Waals surface area contributed by atoms with Gasteiger partial charge in [-0.15, -0.1) is 22.9 Å². The highest BCUT2D eigenvalue weighted by Gasteiger charge is 1.99. The van der Waals surface area contributed by atoms with Crippen LogP contribution in [-0.4, -0.2) is 24.5 Å². The molecule has 0 spiro atoms. The second kappa shape index (κ2) is 5.22. The molecule has 0 bridgehead atoms. The Kier molecular flexibility index (Phi) is 4.57. The molecule has 0 atom stereocenters. The van der Waals surface area contributed by atoms with E-state index in [4.69, 9.17) is 11.6 Å². The molecule has 0 aliphatic heterocycles. The van der Waals surface area contributed by atoms with E-state index >= 15 is 0 Å². The summed E-state index contributed by atoms with van der Waals surface area (Å²) in [7, 11) is 2.02. The molecule has 12 heavy (non-hydrogen) atoms. The van der Waals surface area contributed by atoms with Crippen molar-refractivity contribution in [3.8, 4) is 0 Å². The Morgan fingerprint density at radius 2 is 2.33 bits per heavy atom. The predicted octanol–water partition coefficient (Wildman–Crippen LogP) is 3.18. The SMILES string of the molecule is CN(CCl)CCc1ccc(Br)s1. The van der Waals surface area contributed by atoms with Crippen LogP contribution in [0.2, 0.25) is 0 Å². The van der Waals surface area contributed by atoms with Crippen molar-refractivity contribution in [3.63, 3.8) is 0 Å². The van der Waals surface area contributed by atoms with Crippen molar-refractivity contribution in [2.24, 2.45) is 0 Å². The van der Waals surface area contributed by atoms with Gasteiger partial charge in [-0.25, -0.2) is 0 Å². The summed E-state index contributed by atoms with van der Waals surface area (Å²) in [5.74, 6) is 0. The molecule has 68 valence electrons. The zero-order valence-electron chi connectivity index (χ0n) is 6.89.